The number of aliphatic imine (C=N–C) groups is 3. The summed E-state index contributed by atoms with van der Waals surface area (Å²) in [6.45, 7) is 1.86. The summed E-state index contributed by atoms with van der Waals surface area (Å²) in [4.78, 5) is 45.3. The summed E-state index contributed by atoms with van der Waals surface area (Å²) in [5.41, 5.74) is 0.452. The van der Waals surface area contributed by atoms with E-state index in [-0.39, 0.29) is 18.1 Å². The monoisotopic (exact) mass is 232 g/mol. The van der Waals surface area contributed by atoms with Crippen molar-refractivity contribution in [2.75, 3.05) is 6.54 Å². The van der Waals surface area contributed by atoms with Crippen molar-refractivity contribution < 1.29 is 14.4 Å². The quantitative estimate of drug-likeness (QED) is 0.641. The van der Waals surface area contributed by atoms with Crippen LogP contribution in [0.5, 0.6) is 0 Å². The third kappa shape index (κ3) is 1.95. The Hall–Kier alpha value is -2.40. The summed E-state index contributed by atoms with van der Waals surface area (Å²) in [5.74, 6) is 1.37. The second kappa shape index (κ2) is 4.23. The van der Waals surface area contributed by atoms with Gasteiger partial charge in [-0.2, -0.15) is 9.98 Å². The number of amides is 3. The standard InChI is InChI=1S/C10H8N4O3/c1-6(4-15)2-3-14-8-7(13-10(14)17)9(16)12-5-11-8/h5H,2-3H2,1H3. The SMILES string of the molecule is CC(=C=O)CCN1C(=O)N=C2C(=O)N=CN=C21. The first-order valence-electron chi connectivity index (χ1n) is 4.89. The Bertz CT molecular complexity index is 538. The summed E-state index contributed by atoms with van der Waals surface area (Å²) in [6, 6.07) is -0.559. The lowest BCUT2D eigenvalue weighted by atomic mass is 10.2. The molecule has 0 aromatic rings. The number of hydrogen-bond acceptors (Lipinski definition) is 4. The number of fused-ring (bicyclic) bond motifs is 1. The number of carbonyl (C=O) groups is 2. The van der Waals surface area contributed by atoms with E-state index in [9.17, 15) is 14.4 Å². The summed E-state index contributed by atoms with van der Waals surface area (Å²) in [5, 5.41) is 0. The Balaban J connectivity index is 2.18. The molecule has 0 bridgehead atoms. The average molecular weight is 232 g/mol. The van der Waals surface area contributed by atoms with Gasteiger partial charge in [-0.3, -0.25) is 9.69 Å². The lowest BCUT2D eigenvalue weighted by molar-refractivity contribution is -0.111. The Morgan fingerprint density at radius 2 is 2.24 bits per heavy atom. The zero-order valence-corrected chi connectivity index (χ0v) is 9.01. The predicted molar refractivity (Wildman–Crippen MR) is 60.0 cm³/mol. The van der Waals surface area contributed by atoms with Crippen LogP contribution in [0.2, 0.25) is 0 Å². The van der Waals surface area contributed by atoms with Gasteiger partial charge in [-0.15, -0.1) is 0 Å². The number of carbonyl (C=O) groups excluding carboxylic acids is 3. The van der Waals surface area contributed by atoms with Crippen molar-refractivity contribution in [1.29, 1.82) is 0 Å². The van der Waals surface area contributed by atoms with Crippen LogP contribution in [-0.4, -0.2) is 47.2 Å². The van der Waals surface area contributed by atoms with Gasteiger partial charge in [-0.05, 0) is 13.3 Å². The molecule has 86 valence electrons. The molecule has 0 radical (unpaired) electrons. The van der Waals surface area contributed by atoms with Crippen LogP contribution < -0.4 is 0 Å². The van der Waals surface area contributed by atoms with E-state index in [1.165, 1.54) is 4.90 Å². The van der Waals surface area contributed by atoms with Gasteiger partial charge in [0.15, 0.2) is 11.5 Å². The molecule has 0 atom stereocenters. The van der Waals surface area contributed by atoms with E-state index in [0.717, 1.165) is 6.34 Å². The maximum absolute atomic E-state index is 11.5. The van der Waals surface area contributed by atoms with E-state index in [2.05, 4.69) is 15.0 Å². The van der Waals surface area contributed by atoms with Crippen molar-refractivity contribution in [1.82, 2.24) is 4.90 Å². The molecule has 0 aromatic heterocycles. The summed E-state index contributed by atoms with van der Waals surface area (Å²) >= 11 is 0. The van der Waals surface area contributed by atoms with Crippen molar-refractivity contribution in [2.24, 2.45) is 15.0 Å². The summed E-state index contributed by atoms with van der Waals surface area (Å²) in [7, 11) is 0. The fraction of sp³-hybridized carbons (Fsp3) is 0.300. The number of hydrogen-bond donors (Lipinski definition) is 0. The third-order valence-electron chi connectivity index (χ3n) is 2.35. The van der Waals surface area contributed by atoms with Gasteiger partial charge >= 0.3 is 11.9 Å². The molecule has 0 spiro atoms. The van der Waals surface area contributed by atoms with Crippen molar-refractivity contribution in [3.63, 3.8) is 0 Å². The van der Waals surface area contributed by atoms with Gasteiger partial charge in [0.2, 0.25) is 0 Å². The smallest absolute Gasteiger partial charge is 0.274 e. The van der Waals surface area contributed by atoms with Crippen LogP contribution in [0.15, 0.2) is 20.6 Å². The first kappa shape index (κ1) is 11.1. The molecule has 2 rings (SSSR count). The van der Waals surface area contributed by atoms with Gasteiger partial charge in [0.25, 0.3) is 0 Å². The first-order valence-corrected chi connectivity index (χ1v) is 4.89. The lowest BCUT2D eigenvalue weighted by Gasteiger charge is -2.15. The molecule has 0 fully saturated rings. The minimum absolute atomic E-state index is 0.0368. The van der Waals surface area contributed by atoms with E-state index >= 15 is 0 Å². The first-order chi connectivity index (χ1) is 8.13. The van der Waals surface area contributed by atoms with Gasteiger partial charge in [0.1, 0.15) is 12.3 Å². The van der Waals surface area contributed by atoms with Crippen molar-refractivity contribution >= 4 is 35.8 Å². The largest absolute Gasteiger partial charge is 0.350 e. The molecule has 17 heavy (non-hydrogen) atoms. The average Bonchev–Trinajstić information content (AvgIpc) is 2.64. The van der Waals surface area contributed by atoms with E-state index in [1.807, 2.05) is 0 Å². The van der Waals surface area contributed by atoms with Crippen LogP contribution in [0, 0.1) is 0 Å². The number of amidine groups is 1. The lowest BCUT2D eigenvalue weighted by Crippen LogP contribution is -2.37. The fourth-order valence-corrected chi connectivity index (χ4v) is 1.43. The fourth-order valence-electron chi connectivity index (χ4n) is 1.43. The second-order valence-electron chi connectivity index (χ2n) is 3.53. The highest BCUT2D eigenvalue weighted by atomic mass is 16.2. The van der Waals surface area contributed by atoms with Crippen LogP contribution >= 0.6 is 0 Å². The molecule has 2 aliphatic rings. The van der Waals surface area contributed by atoms with Crippen LogP contribution in [-0.2, 0) is 9.59 Å². The Kier molecular flexibility index (Phi) is 2.76. The zero-order valence-electron chi connectivity index (χ0n) is 9.01. The molecule has 0 unspecified atom stereocenters. The van der Waals surface area contributed by atoms with E-state index in [0.29, 0.717) is 12.0 Å². The maximum Gasteiger partial charge on any atom is 0.350 e. The van der Waals surface area contributed by atoms with Crippen LogP contribution in [0.4, 0.5) is 4.79 Å². The van der Waals surface area contributed by atoms with E-state index in [4.69, 9.17) is 0 Å². The Labute approximate surface area is 96.3 Å². The molecule has 2 aliphatic heterocycles. The highest BCUT2D eigenvalue weighted by molar-refractivity contribution is 6.71. The minimum atomic E-state index is -0.575. The van der Waals surface area contributed by atoms with Gasteiger partial charge < -0.3 is 0 Å². The van der Waals surface area contributed by atoms with Gasteiger partial charge in [-0.1, -0.05) is 0 Å². The van der Waals surface area contributed by atoms with Crippen LogP contribution in [0.25, 0.3) is 0 Å². The molecule has 7 nitrogen and oxygen atoms in total. The Morgan fingerprint density at radius 1 is 1.47 bits per heavy atom. The predicted octanol–water partition coefficient (Wildman–Crippen LogP) is -0.00200. The molecule has 2 heterocycles. The van der Waals surface area contributed by atoms with Crippen LogP contribution in [0.3, 0.4) is 0 Å². The highest BCUT2D eigenvalue weighted by Gasteiger charge is 2.35. The molecule has 7 heteroatoms. The normalized spacial score (nSPS) is 17.6. The van der Waals surface area contributed by atoms with Gasteiger partial charge in [0, 0.05) is 12.1 Å². The molecular formula is C10H8N4O3. The number of urea groups is 1. The van der Waals surface area contributed by atoms with Gasteiger partial charge in [0.05, 0.1) is 0 Å². The van der Waals surface area contributed by atoms with Crippen molar-refractivity contribution in [3.05, 3.63) is 5.57 Å². The summed E-state index contributed by atoms with van der Waals surface area (Å²) < 4.78 is 0. The Morgan fingerprint density at radius 3 is 2.94 bits per heavy atom. The maximum atomic E-state index is 11.5. The second-order valence-corrected chi connectivity index (χ2v) is 3.53. The van der Waals surface area contributed by atoms with E-state index in [1.54, 1.807) is 12.9 Å². The van der Waals surface area contributed by atoms with Crippen LogP contribution in [0.1, 0.15) is 13.3 Å². The molecule has 3 amide bonds. The highest BCUT2D eigenvalue weighted by Crippen LogP contribution is 2.13. The topological polar surface area (TPSA) is 91.5 Å². The van der Waals surface area contributed by atoms with Crippen molar-refractivity contribution in [2.45, 2.75) is 13.3 Å². The minimum Gasteiger partial charge on any atom is -0.274 e. The summed E-state index contributed by atoms with van der Waals surface area (Å²) in [6.07, 6.45) is 1.45. The molecule has 0 N–H and O–H groups in total. The zero-order chi connectivity index (χ0) is 12.4. The van der Waals surface area contributed by atoms with Gasteiger partial charge in [-0.25, -0.2) is 14.6 Å². The third-order valence-corrected chi connectivity index (χ3v) is 2.35. The number of rotatable bonds is 3. The molecule has 0 aromatic carbocycles. The molecule has 0 aliphatic carbocycles. The van der Waals surface area contributed by atoms with E-state index < -0.39 is 11.9 Å². The molecular weight excluding hydrogens is 224 g/mol. The number of nitrogens with zero attached hydrogens (tertiary/aromatic N) is 4. The van der Waals surface area contributed by atoms with Crippen molar-refractivity contribution in [3.8, 4) is 0 Å². The molecule has 0 saturated heterocycles. The molecule has 0 saturated carbocycles.